The van der Waals surface area contributed by atoms with E-state index in [9.17, 15) is 24.9 Å². The van der Waals surface area contributed by atoms with E-state index >= 15 is 0 Å². The molecule has 3 saturated carbocycles. The number of fused-ring (bicyclic) bond motifs is 1. The number of ether oxygens (including phenoxy) is 1. The van der Waals surface area contributed by atoms with Crippen LogP contribution in [0.3, 0.4) is 0 Å². The van der Waals surface area contributed by atoms with E-state index in [2.05, 4.69) is 6.58 Å². The van der Waals surface area contributed by atoms with E-state index in [-0.39, 0.29) is 18.3 Å². The van der Waals surface area contributed by atoms with Crippen molar-refractivity contribution in [2.24, 2.45) is 28.6 Å². The second kappa shape index (κ2) is 4.42. The second-order valence-electron chi connectivity index (χ2n) is 9.32. The van der Waals surface area contributed by atoms with Crippen LogP contribution in [-0.4, -0.2) is 44.6 Å². The van der Waals surface area contributed by atoms with Gasteiger partial charge in [0.1, 0.15) is 11.0 Å². The van der Waals surface area contributed by atoms with Gasteiger partial charge in [-0.2, -0.15) is 0 Å². The highest BCUT2D eigenvalue weighted by Gasteiger charge is 2.82. The molecule has 6 nitrogen and oxygen atoms in total. The highest BCUT2D eigenvalue weighted by atomic mass is 16.6. The van der Waals surface area contributed by atoms with Crippen LogP contribution in [-0.2, 0) is 14.3 Å². The zero-order valence-electron chi connectivity index (χ0n) is 14.8. The summed E-state index contributed by atoms with van der Waals surface area (Å²) in [6.45, 7) is 5.79. The summed E-state index contributed by atoms with van der Waals surface area (Å²) in [5, 5.41) is 31.3. The Morgan fingerprint density at radius 2 is 2.19 bits per heavy atom. The van der Waals surface area contributed by atoms with E-state index in [1.165, 1.54) is 0 Å². The molecule has 6 heteroatoms. The summed E-state index contributed by atoms with van der Waals surface area (Å²) in [4.78, 5) is 24.5. The molecule has 5 rings (SSSR count). The van der Waals surface area contributed by atoms with Crippen LogP contribution >= 0.6 is 0 Å². The Labute approximate surface area is 151 Å². The monoisotopic (exact) mass is 360 g/mol. The summed E-state index contributed by atoms with van der Waals surface area (Å²) in [6, 6.07) is 0. The van der Waals surface area contributed by atoms with Gasteiger partial charge in [-0.05, 0) is 55.6 Å². The Morgan fingerprint density at radius 3 is 2.88 bits per heavy atom. The smallest absolute Gasteiger partial charge is 0.316 e. The predicted octanol–water partition coefficient (Wildman–Crippen LogP) is 1.42. The van der Waals surface area contributed by atoms with Gasteiger partial charge in [-0.3, -0.25) is 9.59 Å². The number of aliphatic carboxylic acids is 1. The first-order valence-corrected chi connectivity index (χ1v) is 9.33. The number of carboxylic acids is 1. The lowest BCUT2D eigenvalue weighted by Gasteiger charge is -2.45. The Balaban J connectivity index is 1.75. The van der Waals surface area contributed by atoms with Crippen LogP contribution in [0.5, 0.6) is 0 Å². The summed E-state index contributed by atoms with van der Waals surface area (Å²) in [7, 11) is 0. The first kappa shape index (κ1) is 16.5. The van der Waals surface area contributed by atoms with Crippen LogP contribution in [0.1, 0.15) is 39.0 Å². The molecule has 1 aliphatic heterocycles. The quantitative estimate of drug-likeness (QED) is 0.508. The van der Waals surface area contributed by atoms with Gasteiger partial charge in [0, 0.05) is 18.3 Å². The number of esters is 1. The van der Waals surface area contributed by atoms with E-state index in [4.69, 9.17) is 4.74 Å². The first-order chi connectivity index (χ1) is 12.1. The SMILES string of the molecule is C=C1C[C@]23C[C@@]1(O)CC[C@H]2[C@@]12C=C[C@H](O)[C@](C)(C(=O)O1)[C@H]2[C@@H]3CC(=O)O. The molecule has 1 saturated heterocycles. The Morgan fingerprint density at radius 1 is 1.46 bits per heavy atom. The van der Waals surface area contributed by atoms with Gasteiger partial charge in [0.15, 0.2) is 0 Å². The highest BCUT2D eigenvalue weighted by Crippen LogP contribution is 2.77. The van der Waals surface area contributed by atoms with Crippen molar-refractivity contribution in [3.63, 3.8) is 0 Å². The van der Waals surface area contributed by atoms with E-state index in [1.54, 1.807) is 13.0 Å². The van der Waals surface area contributed by atoms with Gasteiger partial charge in [-0.25, -0.2) is 0 Å². The molecule has 5 aliphatic rings. The maximum absolute atomic E-state index is 12.8. The van der Waals surface area contributed by atoms with Gasteiger partial charge < -0.3 is 20.1 Å². The van der Waals surface area contributed by atoms with Crippen molar-refractivity contribution in [1.82, 2.24) is 0 Å². The number of carbonyl (C=O) groups is 2. The molecule has 0 aromatic rings. The molecular weight excluding hydrogens is 336 g/mol. The number of rotatable bonds is 2. The summed E-state index contributed by atoms with van der Waals surface area (Å²) >= 11 is 0. The number of hydrogen-bond acceptors (Lipinski definition) is 5. The fourth-order valence-electron chi connectivity index (χ4n) is 7.46. The fourth-order valence-corrected chi connectivity index (χ4v) is 7.46. The fraction of sp³-hybridized carbons (Fsp3) is 0.700. The molecule has 0 radical (unpaired) electrons. The van der Waals surface area contributed by atoms with Gasteiger partial charge in [0.25, 0.3) is 0 Å². The van der Waals surface area contributed by atoms with E-state index in [0.717, 1.165) is 5.57 Å². The molecule has 4 bridgehead atoms. The van der Waals surface area contributed by atoms with Crippen molar-refractivity contribution >= 4 is 11.9 Å². The lowest BCUT2D eigenvalue weighted by molar-refractivity contribution is -0.161. The van der Waals surface area contributed by atoms with Crippen LogP contribution in [0.4, 0.5) is 0 Å². The summed E-state index contributed by atoms with van der Waals surface area (Å²) < 4.78 is 5.98. The zero-order chi connectivity index (χ0) is 18.7. The Kier molecular flexibility index (Phi) is 2.81. The lowest BCUT2D eigenvalue weighted by Crippen LogP contribution is -2.49. The standard InChI is InChI=1S/C20H24O6/c1-10-8-18-9-19(10,25)5-3-12(18)20-6-4-13(21)17(2,16(24)26-20)15(20)11(18)7-14(22)23/h4,6,11-13,15,21,25H,1,3,5,7-9H2,2H3,(H,22,23)/t11-,12+,13-,15+,17-,18+,19-,20+/m0/s1. The van der Waals surface area contributed by atoms with Crippen LogP contribution in [0, 0.1) is 28.6 Å². The molecule has 8 atom stereocenters. The number of carboxylic acid groups (broad SMARTS) is 1. The Bertz CT molecular complexity index is 787. The predicted molar refractivity (Wildman–Crippen MR) is 89.8 cm³/mol. The van der Waals surface area contributed by atoms with Crippen LogP contribution in [0.15, 0.2) is 24.3 Å². The highest BCUT2D eigenvalue weighted by molar-refractivity contribution is 5.84. The summed E-state index contributed by atoms with van der Waals surface area (Å²) in [5.41, 5.74) is -2.67. The molecule has 4 aliphatic carbocycles. The minimum absolute atomic E-state index is 0.0570. The average molecular weight is 360 g/mol. The van der Waals surface area contributed by atoms with Gasteiger partial charge in [0.05, 0.1) is 11.7 Å². The molecular formula is C20H24O6. The number of hydrogen-bond donors (Lipinski definition) is 3. The van der Waals surface area contributed by atoms with Gasteiger partial charge in [0.2, 0.25) is 0 Å². The minimum Gasteiger partial charge on any atom is -0.481 e. The average Bonchev–Trinajstić information content (AvgIpc) is 2.97. The van der Waals surface area contributed by atoms with Crippen LogP contribution < -0.4 is 0 Å². The van der Waals surface area contributed by atoms with Gasteiger partial charge in [-0.1, -0.05) is 12.7 Å². The topological polar surface area (TPSA) is 104 Å². The molecule has 140 valence electrons. The van der Waals surface area contributed by atoms with Crippen molar-refractivity contribution < 1.29 is 29.6 Å². The van der Waals surface area contributed by atoms with Gasteiger partial charge in [-0.15, -0.1) is 0 Å². The third kappa shape index (κ3) is 1.50. The van der Waals surface area contributed by atoms with E-state index < -0.39 is 46.0 Å². The summed E-state index contributed by atoms with van der Waals surface area (Å²) in [6.07, 6.45) is 4.60. The second-order valence-corrected chi connectivity index (χ2v) is 9.32. The Hall–Kier alpha value is -1.66. The summed E-state index contributed by atoms with van der Waals surface area (Å²) in [5.74, 6) is -2.18. The van der Waals surface area contributed by atoms with Crippen molar-refractivity contribution in [2.45, 2.75) is 56.3 Å². The maximum Gasteiger partial charge on any atom is 0.316 e. The molecule has 0 aromatic heterocycles. The first-order valence-electron chi connectivity index (χ1n) is 9.33. The molecule has 3 N–H and O–H groups in total. The minimum atomic E-state index is -1.15. The van der Waals surface area contributed by atoms with Crippen LogP contribution in [0.25, 0.3) is 0 Å². The normalized spacial score (nSPS) is 56.3. The molecule has 4 fully saturated rings. The maximum atomic E-state index is 12.8. The van der Waals surface area contributed by atoms with E-state index in [1.807, 2.05) is 6.08 Å². The van der Waals surface area contributed by atoms with Crippen molar-refractivity contribution in [3.8, 4) is 0 Å². The molecule has 1 heterocycles. The largest absolute Gasteiger partial charge is 0.481 e. The molecule has 26 heavy (non-hydrogen) atoms. The molecule has 1 spiro atoms. The lowest BCUT2D eigenvalue weighted by atomic mass is 9.60. The third-order valence-electron chi connectivity index (χ3n) is 8.44. The molecule has 0 aromatic carbocycles. The number of carbonyl (C=O) groups excluding carboxylic acids is 1. The van der Waals surface area contributed by atoms with E-state index in [0.29, 0.717) is 25.7 Å². The van der Waals surface area contributed by atoms with Crippen molar-refractivity contribution in [1.29, 1.82) is 0 Å². The van der Waals surface area contributed by atoms with Crippen molar-refractivity contribution in [2.75, 3.05) is 0 Å². The third-order valence-corrected chi connectivity index (χ3v) is 8.44. The number of aliphatic hydroxyl groups excluding tert-OH is 1. The number of aliphatic hydroxyl groups is 2. The molecule has 0 amide bonds. The zero-order valence-corrected chi connectivity index (χ0v) is 14.8. The van der Waals surface area contributed by atoms with Crippen molar-refractivity contribution in [3.05, 3.63) is 24.3 Å². The molecule has 0 unspecified atom stereocenters. The van der Waals surface area contributed by atoms with Gasteiger partial charge >= 0.3 is 11.9 Å². The van der Waals surface area contributed by atoms with Crippen LogP contribution in [0.2, 0.25) is 0 Å².